The van der Waals surface area contributed by atoms with Crippen LogP contribution in [0, 0.1) is 11.3 Å². The molecule has 0 unspecified atom stereocenters. The molecule has 18 heavy (non-hydrogen) atoms. The van der Waals surface area contributed by atoms with Gasteiger partial charge in [0, 0.05) is 19.3 Å². The van der Waals surface area contributed by atoms with Gasteiger partial charge < -0.3 is 4.90 Å². The number of sulfone groups is 1. The standard InChI is InChI=1S/C11H11N3O3S/c12-7-9-1-2-10(13-8-9)11(15)14-3-5-18(16,17)6-4-14/h1-2,8H,3-6H2. The van der Waals surface area contributed by atoms with E-state index in [0.29, 0.717) is 5.56 Å². The van der Waals surface area contributed by atoms with E-state index in [2.05, 4.69) is 4.98 Å². The van der Waals surface area contributed by atoms with Gasteiger partial charge >= 0.3 is 0 Å². The number of carbonyl (C=O) groups excluding carboxylic acids is 1. The molecule has 1 aromatic heterocycles. The summed E-state index contributed by atoms with van der Waals surface area (Å²) in [6, 6.07) is 4.91. The molecule has 0 saturated carbocycles. The van der Waals surface area contributed by atoms with Crippen LogP contribution in [0.4, 0.5) is 0 Å². The number of nitriles is 1. The summed E-state index contributed by atoms with van der Waals surface area (Å²) in [5.74, 6) is -0.307. The fraction of sp³-hybridized carbons (Fsp3) is 0.364. The molecular weight excluding hydrogens is 254 g/mol. The quantitative estimate of drug-likeness (QED) is 0.702. The van der Waals surface area contributed by atoms with E-state index >= 15 is 0 Å². The van der Waals surface area contributed by atoms with Gasteiger partial charge in [-0.25, -0.2) is 13.4 Å². The molecule has 1 saturated heterocycles. The Morgan fingerprint density at radius 3 is 2.50 bits per heavy atom. The molecule has 0 atom stereocenters. The lowest BCUT2D eigenvalue weighted by molar-refractivity contribution is 0.0764. The van der Waals surface area contributed by atoms with Crippen molar-refractivity contribution in [3.63, 3.8) is 0 Å². The Balaban J connectivity index is 2.10. The Labute approximate surface area is 105 Å². The van der Waals surface area contributed by atoms with Gasteiger partial charge in [0.15, 0.2) is 9.84 Å². The molecule has 6 nitrogen and oxygen atoms in total. The van der Waals surface area contributed by atoms with Crippen molar-refractivity contribution in [3.05, 3.63) is 29.6 Å². The van der Waals surface area contributed by atoms with Crippen molar-refractivity contribution in [3.8, 4) is 6.07 Å². The summed E-state index contributed by atoms with van der Waals surface area (Å²) in [6.07, 6.45) is 1.33. The molecule has 1 aromatic rings. The van der Waals surface area contributed by atoms with E-state index in [1.807, 2.05) is 6.07 Å². The molecule has 1 aliphatic rings. The van der Waals surface area contributed by atoms with Crippen LogP contribution in [0.25, 0.3) is 0 Å². The van der Waals surface area contributed by atoms with Crippen LogP contribution < -0.4 is 0 Å². The van der Waals surface area contributed by atoms with E-state index in [1.165, 1.54) is 23.2 Å². The summed E-state index contributed by atoms with van der Waals surface area (Å²) >= 11 is 0. The van der Waals surface area contributed by atoms with Crippen LogP contribution in [0.3, 0.4) is 0 Å². The molecule has 0 radical (unpaired) electrons. The minimum Gasteiger partial charge on any atom is -0.335 e. The minimum atomic E-state index is -3.00. The Morgan fingerprint density at radius 2 is 2.00 bits per heavy atom. The van der Waals surface area contributed by atoms with Crippen LogP contribution in [0.15, 0.2) is 18.3 Å². The monoisotopic (exact) mass is 265 g/mol. The maximum atomic E-state index is 12.0. The van der Waals surface area contributed by atoms with Crippen LogP contribution in [-0.2, 0) is 9.84 Å². The van der Waals surface area contributed by atoms with E-state index in [1.54, 1.807) is 0 Å². The molecule has 2 heterocycles. The van der Waals surface area contributed by atoms with E-state index in [0.717, 1.165) is 0 Å². The van der Waals surface area contributed by atoms with E-state index in [9.17, 15) is 13.2 Å². The number of pyridine rings is 1. The van der Waals surface area contributed by atoms with Crippen LogP contribution in [0.5, 0.6) is 0 Å². The SMILES string of the molecule is N#Cc1ccc(C(=O)N2CCS(=O)(=O)CC2)nc1. The number of carbonyl (C=O) groups is 1. The first-order valence-electron chi connectivity index (χ1n) is 5.38. The van der Waals surface area contributed by atoms with Crippen molar-refractivity contribution in [1.82, 2.24) is 9.88 Å². The Hall–Kier alpha value is -1.94. The first-order chi connectivity index (χ1) is 8.52. The van der Waals surface area contributed by atoms with Crippen molar-refractivity contribution < 1.29 is 13.2 Å². The molecule has 94 valence electrons. The lowest BCUT2D eigenvalue weighted by Gasteiger charge is -2.26. The highest BCUT2D eigenvalue weighted by molar-refractivity contribution is 7.91. The lowest BCUT2D eigenvalue weighted by Crippen LogP contribution is -2.43. The van der Waals surface area contributed by atoms with Crippen LogP contribution >= 0.6 is 0 Å². The molecule has 0 N–H and O–H groups in total. The highest BCUT2D eigenvalue weighted by Crippen LogP contribution is 2.08. The maximum absolute atomic E-state index is 12.0. The number of aromatic nitrogens is 1. The van der Waals surface area contributed by atoms with E-state index in [4.69, 9.17) is 5.26 Å². The molecule has 1 fully saturated rings. The zero-order valence-electron chi connectivity index (χ0n) is 9.54. The predicted molar refractivity (Wildman–Crippen MR) is 63.5 cm³/mol. The Morgan fingerprint density at radius 1 is 1.33 bits per heavy atom. The largest absolute Gasteiger partial charge is 0.335 e. The van der Waals surface area contributed by atoms with E-state index < -0.39 is 9.84 Å². The normalized spacial score (nSPS) is 18.1. The number of rotatable bonds is 1. The molecule has 0 bridgehead atoms. The molecular formula is C11H11N3O3S. The summed E-state index contributed by atoms with van der Waals surface area (Å²) < 4.78 is 22.5. The van der Waals surface area contributed by atoms with Gasteiger partial charge in [-0.3, -0.25) is 4.79 Å². The highest BCUT2D eigenvalue weighted by Gasteiger charge is 2.26. The topological polar surface area (TPSA) is 91.1 Å². The van der Waals surface area contributed by atoms with E-state index in [-0.39, 0.29) is 36.2 Å². The third kappa shape index (κ3) is 2.65. The lowest BCUT2D eigenvalue weighted by atomic mass is 10.2. The summed E-state index contributed by atoms with van der Waals surface area (Å²) in [6.45, 7) is 0.395. The van der Waals surface area contributed by atoms with Crippen molar-refractivity contribution in [1.29, 1.82) is 5.26 Å². The van der Waals surface area contributed by atoms with Gasteiger partial charge in [0.1, 0.15) is 11.8 Å². The molecule has 7 heteroatoms. The predicted octanol–water partition coefficient (Wildman–Crippen LogP) is -0.176. The van der Waals surface area contributed by atoms with Crippen molar-refractivity contribution in [2.75, 3.05) is 24.6 Å². The minimum absolute atomic E-state index is 0.00494. The summed E-state index contributed by atoms with van der Waals surface area (Å²) in [5.41, 5.74) is 0.612. The van der Waals surface area contributed by atoms with Gasteiger partial charge in [-0.2, -0.15) is 5.26 Å². The molecule has 0 spiro atoms. The van der Waals surface area contributed by atoms with Crippen LogP contribution in [-0.4, -0.2) is 48.8 Å². The summed E-state index contributed by atoms with van der Waals surface area (Å²) in [7, 11) is -3.00. The molecule has 2 rings (SSSR count). The third-order valence-corrected chi connectivity index (χ3v) is 4.35. The van der Waals surface area contributed by atoms with Gasteiger partial charge in [0.25, 0.3) is 5.91 Å². The maximum Gasteiger partial charge on any atom is 0.272 e. The fourth-order valence-electron chi connectivity index (χ4n) is 1.66. The number of hydrogen-bond donors (Lipinski definition) is 0. The summed E-state index contributed by atoms with van der Waals surface area (Å²) in [5, 5.41) is 8.62. The highest BCUT2D eigenvalue weighted by atomic mass is 32.2. The number of hydrogen-bond acceptors (Lipinski definition) is 5. The van der Waals surface area contributed by atoms with Crippen molar-refractivity contribution >= 4 is 15.7 Å². The second-order valence-corrected chi connectivity index (χ2v) is 6.29. The second kappa shape index (κ2) is 4.74. The average molecular weight is 265 g/mol. The number of nitrogens with zero attached hydrogens (tertiary/aromatic N) is 3. The number of amides is 1. The van der Waals surface area contributed by atoms with Crippen LogP contribution in [0.2, 0.25) is 0 Å². The van der Waals surface area contributed by atoms with Gasteiger partial charge in [-0.1, -0.05) is 0 Å². The molecule has 0 aliphatic carbocycles. The first kappa shape index (κ1) is 12.5. The van der Waals surface area contributed by atoms with Gasteiger partial charge in [0.2, 0.25) is 0 Å². The van der Waals surface area contributed by atoms with Gasteiger partial charge in [-0.15, -0.1) is 0 Å². The fourth-order valence-corrected chi connectivity index (χ4v) is 2.87. The smallest absolute Gasteiger partial charge is 0.272 e. The molecule has 0 aromatic carbocycles. The van der Waals surface area contributed by atoms with Crippen molar-refractivity contribution in [2.45, 2.75) is 0 Å². The molecule has 1 aliphatic heterocycles. The zero-order valence-corrected chi connectivity index (χ0v) is 10.4. The second-order valence-electron chi connectivity index (χ2n) is 3.99. The first-order valence-corrected chi connectivity index (χ1v) is 7.20. The van der Waals surface area contributed by atoms with Gasteiger partial charge in [0.05, 0.1) is 17.1 Å². The zero-order chi connectivity index (χ0) is 13.2. The Kier molecular flexibility index (Phi) is 3.30. The Bertz CT molecular complexity index is 587. The third-order valence-electron chi connectivity index (χ3n) is 2.74. The van der Waals surface area contributed by atoms with Crippen LogP contribution in [0.1, 0.15) is 16.1 Å². The average Bonchev–Trinajstić information content (AvgIpc) is 2.38. The molecule has 1 amide bonds. The van der Waals surface area contributed by atoms with Gasteiger partial charge in [-0.05, 0) is 12.1 Å². The summed E-state index contributed by atoms with van der Waals surface area (Å²) in [4.78, 5) is 17.4. The van der Waals surface area contributed by atoms with Crippen molar-refractivity contribution in [2.24, 2.45) is 0 Å².